The Balaban J connectivity index is 0.000000291. The van der Waals surface area contributed by atoms with Gasteiger partial charge in [-0.05, 0) is 6.42 Å². The van der Waals surface area contributed by atoms with Crippen LogP contribution in [0.2, 0.25) is 0 Å². The summed E-state index contributed by atoms with van der Waals surface area (Å²) >= 11 is 0. The van der Waals surface area contributed by atoms with E-state index in [1.807, 2.05) is 0 Å². The van der Waals surface area contributed by atoms with E-state index in [1.165, 1.54) is 6.42 Å². The van der Waals surface area contributed by atoms with E-state index in [2.05, 4.69) is 11.5 Å². The number of aliphatic hydroxyl groups excluding tert-OH is 1. The Morgan fingerprint density at radius 2 is 2.00 bits per heavy atom. The number of nitrogens with zero attached hydrogens (tertiary/aromatic N) is 1. The van der Waals surface area contributed by atoms with Crippen molar-refractivity contribution in [3.63, 3.8) is 0 Å². The highest BCUT2D eigenvalue weighted by Gasteiger charge is 2.11. The summed E-state index contributed by atoms with van der Waals surface area (Å²) in [4.78, 5) is 2.06. The standard InChI is InChI=1S/C5H10N2.CH4O/c1-5(6)7-3-2-4-7;1-2/h1-4,6H2;2H,1H3. The van der Waals surface area contributed by atoms with Crippen molar-refractivity contribution >= 4 is 0 Å². The van der Waals surface area contributed by atoms with Crippen LogP contribution in [0.1, 0.15) is 6.42 Å². The molecule has 0 aromatic rings. The first-order chi connectivity index (χ1) is 4.30. The first-order valence-electron chi connectivity index (χ1n) is 2.95. The number of rotatable bonds is 1. The van der Waals surface area contributed by atoms with Gasteiger partial charge in [0.1, 0.15) is 0 Å². The third-order valence-electron chi connectivity index (χ3n) is 1.26. The number of likely N-dealkylation sites (tertiary alicyclic amines) is 1. The molecule has 3 heteroatoms. The van der Waals surface area contributed by atoms with Crippen LogP contribution in [0.3, 0.4) is 0 Å². The van der Waals surface area contributed by atoms with Gasteiger partial charge < -0.3 is 15.7 Å². The average molecular weight is 130 g/mol. The molecule has 0 atom stereocenters. The molecule has 1 rings (SSSR count). The van der Waals surface area contributed by atoms with Gasteiger partial charge in [0.2, 0.25) is 0 Å². The van der Waals surface area contributed by atoms with E-state index in [4.69, 9.17) is 10.8 Å². The van der Waals surface area contributed by atoms with Gasteiger partial charge in [0, 0.05) is 20.2 Å². The van der Waals surface area contributed by atoms with E-state index < -0.39 is 0 Å². The summed E-state index contributed by atoms with van der Waals surface area (Å²) in [7, 11) is 1.00. The van der Waals surface area contributed by atoms with E-state index in [0.717, 1.165) is 20.2 Å². The molecule has 0 amide bonds. The van der Waals surface area contributed by atoms with Crippen LogP contribution < -0.4 is 5.73 Å². The summed E-state index contributed by atoms with van der Waals surface area (Å²) in [6.07, 6.45) is 1.27. The minimum absolute atomic E-state index is 0.714. The molecular weight excluding hydrogens is 116 g/mol. The second-order valence-corrected chi connectivity index (χ2v) is 1.83. The molecule has 0 aromatic heterocycles. The fraction of sp³-hybridized carbons (Fsp3) is 0.667. The predicted molar refractivity (Wildman–Crippen MR) is 37.7 cm³/mol. The van der Waals surface area contributed by atoms with Crippen molar-refractivity contribution in [2.75, 3.05) is 20.2 Å². The summed E-state index contributed by atoms with van der Waals surface area (Å²) in [5.74, 6) is 0.714. The van der Waals surface area contributed by atoms with Crippen molar-refractivity contribution in [2.45, 2.75) is 6.42 Å². The van der Waals surface area contributed by atoms with E-state index in [-0.39, 0.29) is 0 Å². The molecule has 0 aromatic carbocycles. The lowest BCUT2D eigenvalue weighted by atomic mass is 10.2. The van der Waals surface area contributed by atoms with Crippen LogP contribution in [0.4, 0.5) is 0 Å². The van der Waals surface area contributed by atoms with Crippen LogP contribution in [-0.2, 0) is 0 Å². The van der Waals surface area contributed by atoms with Gasteiger partial charge in [-0.3, -0.25) is 0 Å². The van der Waals surface area contributed by atoms with Crippen LogP contribution in [-0.4, -0.2) is 30.2 Å². The Hall–Kier alpha value is -0.700. The zero-order valence-electron chi connectivity index (χ0n) is 5.80. The third kappa shape index (κ3) is 2.37. The monoisotopic (exact) mass is 130 g/mol. The van der Waals surface area contributed by atoms with Crippen molar-refractivity contribution in [3.05, 3.63) is 12.4 Å². The molecule has 1 fully saturated rings. The fourth-order valence-electron chi connectivity index (χ4n) is 0.603. The number of nitrogens with two attached hydrogens (primary N) is 1. The molecular formula is C6H14N2O. The summed E-state index contributed by atoms with van der Waals surface area (Å²) < 4.78 is 0. The second kappa shape index (κ2) is 4.21. The topological polar surface area (TPSA) is 49.5 Å². The highest BCUT2D eigenvalue weighted by Crippen LogP contribution is 2.07. The van der Waals surface area contributed by atoms with Gasteiger partial charge in [-0.15, -0.1) is 0 Å². The second-order valence-electron chi connectivity index (χ2n) is 1.83. The Labute approximate surface area is 55.8 Å². The molecule has 1 saturated heterocycles. The van der Waals surface area contributed by atoms with Crippen molar-refractivity contribution in [1.29, 1.82) is 0 Å². The first-order valence-corrected chi connectivity index (χ1v) is 2.95. The van der Waals surface area contributed by atoms with Crippen LogP contribution in [0.15, 0.2) is 12.4 Å². The molecule has 3 nitrogen and oxygen atoms in total. The van der Waals surface area contributed by atoms with Crippen molar-refractivity contribution < 1.29 is 5.11 Å². The van der Waals surface area contributed by atoms with Gasteiger partial charge >= 0.3 is 0 Å². The maximum absolute atomic E-state index is 7.00. The number of hydrogen-bond acceptors (Lipinski definition) is 3. The summed E-state index contributed by atoms with van der Waals surface area (Å²) in [6.45, 7) is 5.79. The number of aliphatic hydroxyl groups is 1. The van der Waals surface area contributed by atoms with Gasteiger partial charge in [0.25, 0.3) is 0 Å². The molecule has 1 aliphatic rings. The quantitative estimate of drug-likeness (QED) is 0.513. The minimum Gasteiger partial charge on any atom is -0.400 e. The SMILES string of the molecule is C=C(N)N1CCC1.CO. The van der Waals surface area contributed by atoms with Gasteiger partial charge in [-0.1, -0.05) is 6.58 Å². The zero-order valence-corrected chi connectivity index (χ0v) is 5.80. The molecule has 0 unspecified atom stereocenters. The average Bonchev–Trinajstić information content (AvgIpc) is 1.65. The highest BCUT2D eigenvalue weighted by atomic mass is 16.2. The van der Waals surface area contributed by atoms with E-state index >= 15 is 0 Å². The Bertz CT molecular complexity index is 89.1. The highest BCUT2D eigenvalue weighted by molar-refractivity contribution is 4.90. The molecule has 1 aliphatic heterocycles. The van der Waals surface area contributed by atoms with Gasteiger partial charge in [-0.2, -0.15) is 0 Å². The summed E-state index contributed by atoms with van der Waals surface area (Å²) in [5, 5.41) is 7.00. The smallest absolute Gasteiger partial charge is 0.0912 e. The van der Waals surface area contributed by atoms with Gasteiger partial charge in [-0.25, -0.2) is 0 Å². The molecule has 0 aliphatic carbocycles. The molecule has 54 valence electrons. The summed E-state index contributed by atoms with van der Waals surface area (Å²) in [5.41, 5.74) is 5.33. The van der Waals surface area contributed by atoms with E-state index in [9.17, 15) is 0 Å². The molecule has 0 radical (unpaired) electrons. The lowest BCUT2D eigenvalue weighted by Gasteiger charge is -2.32. The molecule has 0 bridgehead atoms. The van der Waals surface area contributed by atoms with Gasteiger partial charge in [0.05, 0.1) is 5.82 Å². The largest absolute Gasteiger partial charge is 0.400 e. The van der Waals surface area contributed by atoms with Crippen LogP contribution in [0, 0.1) is 0 Å². The molecule has 3 N–H and O–H groups in total. The molecule has 0 spiro atoms. The maximum Gasteiger partial charge on any atom is 0.0912 e. The lowest BCUT2D eigenvalue weighted by molar-refractivity contribution is 0.237. The zero-order chi connectivity index (χ0) is 7.28. The Morgan fingerprint density at radius 1 is 1.56 bits per heavy atom. The fourth-order valence-corrected chi connectivity index (χ4v) is 0.603. The minimum atomic E-state index is 0.714. The van der Waals surface area contributed by atoms with Crippen molar-refractivity contribution in [1.82, 2.24) is 4.90 Å². The molecule has 1 heterocycles. The summed E-state index contributed by atoms with van der Waals surface area (Å²) in [6, 6.07) is 0. The normalized spacial score (nSPS) is 15.1. The predicted octanol–water partition coefficient (Wildman–Crippen LogP) is -0.270. The first kappa shape index (κ1) is 8.30. The van der Waals surface area contributed by atoms with Crippen LogP contribution in [0.25, 0.3) is 0 Å². The van der Waals surface area contributed by atoms with E-state index in [1.54, 1.807) is 0 Å². The Kier molecular flexibility index (Phi) is 3.88. The molecule has 9 heavy (non-hydrogen) atoms. The number of hydrogen-bond donors (Lipinski definition) is 2. The van der Waals surface area contributed by atoms with Gasteiger partial charge in [0.15, 0.2) is 0 Å². The van der Waals surface area contributed by atoms with Crippen molar-refractivity contribution in [2.24, 2.45) is 5.73 Å². The third-order valence-corrected chi connectivity index (χ3v) is 1.26. The van der Waals surface area contributed by atoms with E-state index in [0.29, 0.717) is 5.82 Å². The lowest BCUT2D eigenvalue weighted by Crippen LogP contribution is -2.38. The molecule has 0 saturated carbocycles. The van der Waals surface area contributed by atoms with Crippen molar-refractivity contribution in [3.8, 4) is 0 Å². The maximum atomic E-state index is 7.00. The van der Waals surface area contributed by atoms with Crippen LogP contribution in [0.5, 0.6) is 0 Å². The van der Waals surface area contributed by atoms with Crippen LogP contribution >= 0.6 is 0 Å². The Morgan fingerprint density at radius 3 is 2.00 bits per heavy atom.